The maximum atomic E-state index is 14.4. The summed E-state index contributed by atoms with van der Waals surface area (Å²) in [5, 5.41) is 11.6. The second-order valence-electron chi connectivity index (χ2n) is 6.35. The van der Waals surface area contributed by atoms with E-state index in [9.17, 15) is 80.1 Å². The second kappa shape index (κ2) is 6.91. The van der Waals surface area contributed by atoms with Gasteiger partial charge in [0.25, 0.3) is 0 Å². The molecule has 1 aromatic carbocycles. The van der Waals surface area contributed by atoms with E-state index in [1.807, 2.05) is 0 Å². The number of benzene rings is 1. The molecule has 1 saturated carbocycles. The van der Waals surface area contributed by atoms with Crippen molar-refractivity contribution in [3.63, 3.8) is 0 Å². The van der Waals surface area contributed by atoms with Crippen LogP contribution in [0.3, 0.4) is 0 Å². The topological polar surface area (TPSA) is 40.1 Å². The smallest absolute Gasteiger partial charge is 0.384 e. The van der Waals surface area contributed by atoms with Gasteiger partial charge in [0.2, 0.25) is 11.6 Å². The molecule has 0 radical (unpaired) electrons. The Bertz CT molecular complexity index is 997. The zero-order valence-electron chi connectivity index (χ0n) is 14.4. The number of rotatable bonds is 3. The Morgan fingerprint density at radius 3 is 1.15 bits per heavy atom. The van der Waals surface area contributed by atoms with Gasteiger partial charge in [-0.3, -0.25) is 4.79 Å². The summed E-state index contributed by atoms with van der Waals surface area (Å²) >= 11 is 0. The van der Waals surface area contributed by atoms with E-state index in [0.717, 1.165) is 0 Å². The number of hydrogen-bond acceptors (Lipinski definition) is 2. The van der Waals surface area contributed by atoms with Gasteiger partial charge in [0.15, 0.2) is 23.3 Å². The minimum atomic E-state index is -7.74. The Morgan fingerprint density at radius 2 is 0.818 bits per heavy atom. The number of carbonyl (C=O) groups excluding carboxylic acids is 1. The van der Waals surface area contributed by atoms with E-state index in [0.29, 0.717) is 0 Å². The molecule has 0 unspecified atom stereocenters. The quantitative estimate of drug-likeness (QED) is 0.194. The number of allylic oxidation sites excluding steroid dienone is 1. The van der Waals surface area contributed by atoms with Gasteiger partial charge >= 0.3 is 35.3 Å². The molecule has 0 atom stereocenters. The van der Waals surface area contributed by atoms with Crippen molar-refractivity contribution in [3.05, 3.63) is 40.7 Å². The third kappa shape index (κ3) is 2.74. The molecule has 1 aliphatic carbocycles. The Balaban J connectivity index is 2.84. The number of ketones is 1. The van der Waals surface area contributed by atoms with Crippen molar-refractivity contribution in [2.24, 2.45) is 0 Å². The molecule has 18 heteroatoms. The molecule has 1 aliphatic rings. The van der Waals surface area contributed by atoms with Gasteiger partial charge in [-0.15, -0.1) is 0 Å². The Kier molecular flexibility index (Phi) is 5.56. The first-order valence-corrected chi connectivity index (χ1v) is 7.51. The van der Waals surface area contributed by atoms with Gasteiger partial charge in [0.1, 0.15) is 0 Å². The lowest BCUT2D eigenvalue weighted by atomic mass is 9.70. The molecule has 0 N–H and O–H groups in total. The highest BCUT2D eigenvalue weighted by atomic mass is 19.4. The lowest BCUT2D eigenvalue weighted by molar-refractivity contribution is -0.475. The fourth-order valence-corrected chi connectivity index (χ4v) is 2.64. The maximum Gasteiger partial charge on any atom is 0.384 e. The van der Waals surface area contributed by atoms with Crippen LogP contribution in [0.2, 0.25) is 0 Å². The van der Waals surface area contributed by atoms with E-state index in [-0.39, 0.29) is 0 Å². The zero-order chi connectivity index (χ0) is 26.3. The predicted octanol–water partition coefficient (Wildman–Crippen LogP) is 4.55. The molecule has 186 valence electrons. The molecule has 0 heterocycles. The number of halogens is 16. The minimum absolute atomic E-state index is 1.75. The van der Waals surface area contributed by atoms with Crippen LogP contribution in [0.25, 0.3) is 5.76 Å². The van der Waals surface area contributed by atoms with E-state index in [1.54, 1.807) is 0 Å². The van der Waals surface area contributed by atoms with Crippen LogP contribution in [0.5, 0.6) is 0 Å². The average Bonchev–Trinajstić information content (AvgIpc) is 2.68. The number of carbonyl (C=O) groups is 1. The molecule has 1 fully saturated rings. The standard InChI is InChI=1S/C15H2F16O2/c16-5-4(6(17)8(19)9(20)7(5)18)2(32)1-3(33)10(21)11(22,23)13(26,27)15(30,31)14(28,29)12(10,24)25/h1,32H/p-1/b2-1-. The third-order valence-corrected chi connectivity index (χ3v) is 4.50. The van der Waals surface area contributed by atoms with Crippen LogP contribution in [-0.2, 0) is 4.79 Å². The van der Waals surface area contributed by atoms with Crippen LogP contribution in [0.1, 0.15) is 5.56 Å². The first kappa shape index (κ1) is 26.6. The molecular weight excluding hydrogens is 516 g/mol. The lowest BCUT2D eigenvalue weighted by Gasteiger charge is -2.51. The summed E-state index contributed by atoms with van der Waals surface area (Å²) in [6.45, 7) is 0. The minimum Gasteiger partial charge on any atom is -0.872 e. The molecule has 0 spiro atoms. The Labute approximate surface area is 169 Å². The molecule has 2 rings (SSSR count). The Morgan fingerprint density at radius 1 is 0.545 bits per heavy atom. The molecule has 0 saturated heterocycles. The van der Waals surface area contributed by atoms with E-state index in [4.69, 9.17) is 0 Å². The van der Waals surface area contributed by atoms with Crippen LogP contribution in [-0.4, -0.2) is 41.1 Å². The monoisotopic (exact) mass is 517 g/mol. The first-order chi connectivity index (χ1) is 14.5. The summed E-state index contributed by atoms with van der Waals surface area (Å²) in [5.74, 6) is -61.2. The van der Waals surface area contributed by atoms with Crippen molar-refractivity contribution < 1.29 is 80.1 Å². The van der Waals surface area contributed by atoms with E-state index < -0.39 is 87.5 Å². The highest BCUT2D eigenvalue weighted by Gasteiger charge is 3.02. The van der Waals surface area contributed by atoms with E-state index in [1.165, 1.54) is 0 Å². The molecule has 33 heavy (non-hydrogen) atoms. The van der Waals surface area contributed by atoms with Gasteiger partial charge in [-0.05, 0) is 6.08 Å². The largest absolute Gasteiger partial charge is 0.872 e. The number of alkyl halides is 11. The third-order valence-electron chi connectivity index (χ3n) is 4.50. The number of hydrogen-bond donors (Lipinski definition) is 0. The van der Waals surface area contributed by atoms with Crippen LogP contribution in [0, 0.1) is 29.1 Å². The van der Waals surface area contributed by atoms with Crippen molar-refractivity contribution in [1.82, 2.24) is 0 Å². The van der Waals surface area contributed by atoms with Crippen molar-refractivity contribution in [3.8, 4) is 0 Å². The van der Waals surface area contributed by atoms with Gasteiger partial charge < -0.3 is 5.11 Å². The van der Waals surface area contributed by atoms with E-state index in [2.05, 4.69) is 0 Å². The van der Waals surface area contributed by atoms with E-state index >= 15 is 0 Å². The Hall–Kier alpha value is -2.69. The molecule has 1 aromatic rings. The van der Waals surface area contributed by atoms with Gasteiger partial charge in [0.05, 0.1) is 0 Å². The van der Waals surface area contributed by atoms with Crippen molar-refractivity contribution in [1.29, 1.82) is 0 Å². The van der Waals surface area contributed by atoms with Gasteiger partial charge in [0, 0.05) is 5.56 Å². The fourth-order valence-electron chi connectivity index (χ4n) is 2.64. The average molecular weight is 517 g/mol. The summed E-state index contributed by atoms with van der Waals surface area (Å²) in [6.07, 6.45) is -1.75. The molecule has 0 bridgehead atoms. The highest BCUT2D eigenvalue weighted by molar-refractivity contribution is 6.03. The summed E-state index contributed by atoms with van der Waals surface area (Å²) < 4.78 is 215. The van der Waals surface area contributed by atoms with Gasteiger partial charge in [-0.2, -0.15) is 43.9 Å². The van der Waals surface area contributed by atoms with Gasteiger partial charge in [-0.1, -0.05) is 5.76 Å². The van der Waals surface area contributed by atoms with Crippen LogP contribution >= 0.6 is 0 Å². The normalized spacial score (nSPS) is 24.4. The van der Waals surface area contributed by atoms with Crippen molar-refractivity contribution >= 4 is 11.5 Å². The van der Waals surface area contributed by atoms with Gasteiger partial charge in [-0.25, -0.2) is 26.3 Å². The molecular formula is C15HF16O2-. The fraction of sp³-hybridized carbons (Fsp3) is 0.400. The SMILES string of the molecule is O=C(/C=C(\[O-])c1c(F)c(F)c(F)c(F)c1F)C1(F)C(F)(F)C(F)(F)C(F)(F)C(F)(F)C1(F)F. The van der Waals surface area contributed by atoms with Crippen LogP contribution < -0.4 is 5.11 Å². The summed E-state index contributed by atoms with van der Waals surface area (Å²) in [5.41, 5.74) is -10.2. The molecule has 2 nitrogen and oxygen atoms in total. The van der Waals surface area contributed by atoms with Crippen molar-refractivity contribution in [2.75, 3.05) is 0 Å². The van der Waals surface area contributed by atoms with Crippen LogP contribution in [0.15, 0.2) is 6.08 Å². The highest BCUT2D eigenvalue weighted by Crippen LogP contribution is 2.69. The zero-order valence-corrected chi connectivity index (χ0v) is 14.4. The molecule has 0 aliphatic heterocycles. The molecule has 0 aromatic heterocycles. The summed E-state index contributed by atoms with van der Waals surface area (Å²) in [6, 6.07) is 0. The molecule has 0 amide bonds. The summed E-state index contributed by atoms with van der Waals surface area (Å²) in [7, 11) is 0. The van der Waals surface area contributed by atoms with Crippen molar-refractivity contribution in [2.45, 2.75) is 35.3 Å². The second-order valence-corrected chi connectivity index (χ2v) is 6.35. The first-order valence-electron chi connectivity index (χ1n) is 7.51. The summed E-state index contributed by atoms with van der Waals surface area (Å²) in [4.78, 5) is 11.6. The van der Waals surface area contributed by atoms with Crippen LogP contribution in [0.4, 0.5) is 70.2 Å². The maximum absolute atomic E-state index is 14.4. The lowest BCUT2D eigenvalue weighted by Crippen LogP contribution is -2.85. The predicted molar refractivity (Wildman–Crippen MR) is 67.8 cm³/mol.